The van der Waals surface area contributed by atoms with Gasteiger partial charge in [-0.05, 0) is 56.0 Å². The van der Waals surface area contributed by atoms with Gasteiger partial charge in [-0.3, -0.25) is 4.79 Å². The molecule has 0 aromatic heterocycles. The van der Waals surface area contributed by atoms with Crippen molar-refractivity contribution in [2.75, 3.05) is 19.9 Å². The summed E-state index contributed by atoms with van der Waals surface area (Å²) in [7, 11) is 0. The van der Waals surface area contributed by atoms with E-state index in [0.29, 0.717) is 25.3 Å². The molecular weight excluding hydrogens is 418 g/mol. The molecule has 6 heteroatoms. The summed E-state index contributed by atoms with van der Waals surface area (Å²) >= 11 is 0. The Kier molecular flexibility index (Phi) is 6.02. The Hall–Kier alpha value is -2.99. The highest BCUT2D eigenvalue weighted by Gasteiger charge is 2.50. The number of likely N-dealkylation sites (tertiary alicyclic amines) is 1. The number of amides is 1. The number of rotatable bonds is 5. The average Bonchev–Trinajstić information content (AvgIpc) is 3.30. The normalized spacial score (nSPS) is 26.3. The van der Waals surface area contributed by atoms with E-state index in [0.717, 1.165) is 48.3 Å². The van der Waals surface area contributed by atoms with E-state index in [2.05, 4.69) is 0 Å². The van der Waals surface area contributed by atoms with E-state index < -0.39 is 5.60 Å². The largest absolute Gasteiger partial charge is 0.494 e. The fourth-order valence-electron chi connectivity index (χ4n) is 5.61. The summed E-state index contributed by atoms with van der Waals surface area (Å²) in [5.41, 5.74) is 1.12. The molecule has 0 spiro atoms. The Labute approximate surface area is 194 Å². The number of nitrogens with zero attached hydrogens (tertiary/aromatic N) is 1. The second kappa shape index (κ2) is 9.10. The predicted molar refractivity (Wildman–Crippen MR) is 125 cm³/mol. The maximum Gasteiger partial charge on any atom is 0.247 e. The molecule has 1 saturated heterocycles. The van der Waals surface area contributed by atoms with Crippen LogP contribution >= 0.6 is 0 Å². The molecule has 6 nitrogen and oxygen atoms in total. The van der Waals surface area contributed by atoms with E-state index in [1.165, 1.54) is 0 Å². The number of carbonyl (C=O) groups excluding carboxylic acids is 1. The summed E-state index contributed by atoms with van der Waals surface area (Å²) in [6.45, 7) is 3.26. The SMILES string of the molecule is CCOc1ccccc1[C@@H]1[C@@H]2CCCC[C@]2(O)CCN1C(=O)C=Cc1ccc2c(c1)OCO2. The minimum absolute atomic E-state index is 0.00972. The molecule has 2 aliphatic heterocycles. The van der Waals surface area contributed by atoms with E-state index in [1.807, 2.05) is 60.4 Å². The molecule has 2 heterocycles. The molecule has 2 aromatic carbocycles. The van der Waals surface area contributed by atoms with Crippen LogP contribution < -0.4 is 14.2 Å². The first kappa shape index (κ1) is 21.8. The topological polar surface area (TPSA) is 68.2 Å². The van der Waals surface area contributed by atoms with Gasteiger partial charge in [0.2, 0.25) is 12.7 Å². The van der Waals surface area contributed by atoms with Gasteiger partial charge in [-0.15, -0.1) is 0 Å². The lowest BCUT2D eigenvalue weighted by molar-refractivity contribution is -0.151. The number of carbonyl (C=O) groups is 1. The standard InChI is InChI=1S/C27H31NO5/c1-2-31-22-9-4-3-7-20(22)26-21-8-5-6-14-27(21,30)15-16-28(26)25(29)13-11-19-10-12-23-24(17-19)33-18-32-23/h3-4,7,9-13,17,21,26,30H,2,5-6,8,14-16,18H2,1H3/t21-,26+,27-/m0/s1. The zero-order valence-electron chi connectivity index (χ0n) is 19.0. The van der Waals surface area contributed by atoms with Gasteiger partial charge < -0.3 is 24.2 Å². The van der Waals surface area contributed by atoms with Crippen LogP contribution in [0.1, 0.15) is 56.2 Å². The first-order chi connectivity index (χ1) is 16.1. The van der Waals surface area contributed by atoms with Crippen molar-refractivity contribution in [3.05, 3.63) is 59.7 Å². The molecule has 33 heavy (non-hydrogen) atoms. The number of para-hydroxylation sites is 1. The van der Waals surface area contributed by atoms with Crippen LogP contribution in [0.25, 0.3) is 6.08 Å². The molecule has 5 rings (SSSR count). The van der Waals surface area contributed by atoms with E-state index in [-0.39, 0.29) is 24.7 Å². The summed E-state index contributed by atoms with van der Waals surface area (Å²) < 4.78 is 16.8. The van der Waals surface area contributed by atoms with Crippen molar-refractivity contribution in [1.29, 1.82) is 0 Å². The van der Waals surface area contributed by atoms with Gasteiger partial charge in [0.15, 0.2) is 11.5 Å². The monoisotopic (exact) mass is 449 g/mol. The molecule has 1 saturated carbocycles. The zero-order chi connectivity index (χ0) is 22.8. The van der Waals surface area contributed by atoms with Crippen LogP contribution in [0.3, 0.4) is 0 Å². The first-order valence-corrected chi connectivity index (χ1v) is 11.9. The van der Waals surface area contributed by atoms with Crippen LogP contribution in [0.15, 0.2) is 48.5 Å². The number of ether oxygens (including phenoxy) is 3. The van der Waals surface area contributed by atoms with Gasteiger partial charge >= 0.3 is 0 Å². The Morgan fingerprint density at radius 2 is 2.03 bits per heavy atom. The Morgan fingerprint density at radius 1 is 1.18 bits per heavy atom. The van der Waals surface area contributed by atoms with Crippen LogP contribution in [-0.4, -0.2) is 41.5 Å². The number of fused-ring (bicyclic) bond motifs is 2. The minimum Gasteiger partial charge on any atom is -0.494 e. The summed E-state index contributed by atoms with van der Waals surface area (Å²) in [6, 6.07) is 13.4. The lowest BCUT2D eigenvalue weighted by atomic mass is 9.66. The van der Waals surface area contributed by atoms with E-state index >= 15 is 0 Å². The van der Waals surface area contributed by atoms with Crippen LogP contribution in [-0.2, 0) is 4.79 Å². The molecule has 0 bridgehead atoms. The van der Waals surface area contributed by atoms with Crippen molar-refractivity contribution in [2.24, 2.45) is 5.92 Å². The molecule has 174 valence electrons. The van der Waals surface area contributed by atoms with Gasteiger partial charge in [-0.2, -0.15) is 0 Å². The average molecular weight is 450 g/mol. The summed E-state index contributed by atoms with van der Waals surface area (Å²) in [6.07, 6.45) is 7.84. The maximum atomic E-state index is 13.5. The van der Waals surface area contributed by atoms with Crippen molar-refractivity contribution in [2.45, 2.75) is 50.7 Å². The molecular formula is C27H31NO5. The maximum absolute atomic E-state index is 13.5. The quantitative estimate of drug-likeness (QED) is 0.669. The predicted octanol–water partition coefficient (Wildman–Crippen LogP) is 4.72. The number of benzene rings is 2. The zero-order valence-corrected chi connectivity index (χ0v) is 19.0. The smallest absolute Gasteiger partial charge is 0.247 e. The van der Waals surface area contributed by atoms with Crippen LogP contribution in [0.4, 0.5) is 0 Å². The highest BCUT2D eigenvalue weighted by Crippen LogP contribution is 2.51. The van der Waals surface area contributed by atoms with Crippen molar-refractivity contribution in [3.63, 3.8) is 0 Å². The molecule has 0 unspecified atom stereocenters. The summed E-state index contributed by atoms with van der Waals surface area (Å²) in [4.78, 5) is 15.4. The lowest BCUT2D eigenvalue weighted by Gasteiger charge is -2.52. The van der Waals surface area contributed by atoms with Crippen molar-refractivity contribution in [1.82, 2.24) is 4.90 Å². The number of piperidine rings is 1. The highest BCUT2D eigenvalue weighted by molar-refractivity contribution is 5.92. The van der Waals surface area contributed by atoms with Gasteiger partial charge in [0, 0.05) is 24.1 Å². The van der Waals surface area contributed by atoms with Crippen LogP contribution in [0, 0.1) is 5.92 Å². The van der Waals surface area contributed by atoms with E-state index in [9.17, 15) is 9.90 Å². The first-order valence-electron chi connectivity index (χ1n) is 11.9. The molecule has 3 aliphatic rings. The van der Waals surface area contributed by atoms with Gasteiger partial charge in [0.25, 0.3) is 0 Å². The van der Waals surface area contributed by atoms with E-state index in [4.69, 9.17) is 14.2 Å². The van der Waals surface area contributed by atoms with Crippen LogP contribution in [0.5, 0.6) is 17.2 Å². The molecule has 2 aromatic rings. The third-order valence-electron chi connectivity index (χ3n) is 7.20. The highest BCUT2D eigenvalue weighted by atomic mass is 16.7. The van der Waals surface area contributed by atoms with Gasteiger partial charge in [0.05, 0.1) is 18.2 Å². The number of aliphatic hydroxyl groups is 1. The molecule has 0 radical (unpaired) electrons. The van der Waals surface area contributed by atoms with Gasteiger partial charge in [0.1, 0.15) is 5.75 Å². The number of hydrogen-bond donors (Lipinski definition) is 1. The molecule has 1 amide bonds. The minimum atomic E-state index is -0.736. The van der Waals surface area contributed by atoms with Crippen molar-refractivity contribution >= 4 is 12.0 Å². The van der Waals surface area contributed by atoms with Crippen molar-refractivity contribution < 1.29 is 24.1 Å². The Balaban J connectivity index is 1.46. The summed E-state index contributed by atoms with van der Waals surface area (Å²) in [5.74, 6) is 2.13. The second-order valence-electron chi connectivity index (χ2n) is 9.10. The Bertz CT molecular complexity index is 1050. The van der Waals surface area contributed by atoms with Gasteiger partial charge in [-0.25, -0.2) is 0 Å². The van der Waals surface area contributed by atoms with E-state index in [1.54, 1.807) is 6.08 Å². The lowest BCUT2D eigenvalue weighted by Crippen LogP contribution is -2.56. The van der Waals surface area contributed by atoms with Gasteiger partial charge in [-0.1, -0.05) is 37.1 Å². The molecule has 3 atom stereocenters. The van der Waals surface area contributed by atoms with Crippen LogP contribution in [0.2, 0.25) is 0 Å². The number of hydrogen-bond acceptors (Lipinski definition) is 5. The molecule has 2 fully saturated rings. The van der Waals surface area contributed by atoms with Crippen molar-refractivity contribution in [3.8, 4) is 17.2 Å². The molecule has 1 aliphatic carbocycles. The summed E-state index contributed by atoms with van der Waals surface area (Å²) in [5, 5.41) is 11.5. The third kappa shape index (κ3) is 4.20. The Morgan fingerprint density at radius 3 is 2.91 bits per heavy atom. The third-order valence-corrected chi connectivity index (χ3v) is 7.20. The molecule has 1 N–H and O–H groups in total. The fourth-order valence-corrected chi connectivity index (χ4v) is 5.61. The second-order valence-corrected chi connectivity index (χ2v) is 9.10. The fraction of sp³-hybridized carbons (Fsp3) is 0.444.